The molecule has 1 aromatic rings. The lowest BCUT2D eigenvalue weighted by molar-refractivity contribution is -0.138. The molecular formula is C10H16N4O3. The minimum absolute atomic E-state index is 0.188. The summed E-state index contributed by atoms with van der Waals surface area (Å²) < 4.78 is 1.68. The van der Waals surface area contributed by atoms with Crippen LogP contribution in [-0.2, 0) is 9.59 Å². The van der Waals surface area contributed by atoms with Crippen molar-refractivity contribution >= 4 is 17.7 Å². The Labute approximate surface area is 98.6 Å². The van der Waals surface area contributed by atoms with E-state index in [1.807, 2.05) is 13.8 Å². The van der Waals surface area contributed by atoms with Crippen molar-refractivity contribution in [3.05, 3.63) is 12.3 Å². The van der Waals surface area contributed by atoms with Crippen LogP contribution in [0, 0.1) is 0 Å². The molecular weight excluding hydrogens is 224 g/mol. The largest absolute Gasteiger partial charge is 0.481 e. The third-order valence-electron chi connectivity index (χ3n) is 2.12. The van der Waals surface area contributed by atoms with Crippen LogP contribution < -0.4 is 11.1 Å². The standard InChI is InChI=1S/C10H16N4O3/c1-6(2)14-4-3-8(13-14)12-10(17)7(11)5-9(15)16/h3-4,6-7H,5,11H2,1-2H3,(H,15,16)(H,12,13,17). The Kier molecular flexibility index (Phi) is 4.22. The number of nitrogens with zero attached hydrogens (tertiary/aromatic N) is 2. The zero-order valence-electron chi connectivity index (χ0n) is 9.75. The van der Waals surface area contributed by atoms with E-state index in [2.05, 4.69) is 10.4 Å². The van der Waals surface area contributed by atoms with Gasteiger partial charge in [0.15, 0.2) is 5.82 Å². The summed E-state index contributed by atoms with van der Waals surface area (Å²) in [5.74, 6) is -1.30. The van der Waals surface area contributed by atoms with Crippen LogP contribution in [0.1, 0.15) is 26.3 Å². The van der Waals surface area contributed by atoms with Crippen molar-refractivity contribution in [1.82, 2.24) is 9.78 Å². The molecule has 7 heteroatoms. The maximum Gasteiger partial charge on any atom is 0.305 e. The number of rotatable bonds is 5. The number of carbonyl (C=O) groups is 2. The summed E-state index contributed by atoms with van der Waals surface area (Å²) in [6, 6.07) is 0.746. The summed E-state index contributed by atoms with van der Waals surface area (Å²) in [6.45, 7) is 3.91. The topological polar surface area (TPSA) is 110 Å². The van der Waals surface area contributed by atoms with E-state index in [-0.39, 0.29) is 6.04 Å². The van der Waals surface area contributed by atoms with Gasteiger partial charge >= 0.3 is 5.97 Å². The average molecular weight is 240 g/mol. The molecule has 0 aliphatic heterocycles. The minimum Gasteiger partial charge on any atom is -0.481 e. The predicted molar refractivity (Wildman–Crippen MR) is 61.5 cm³/mol. The number of hydrogen-bond donors (Lipinski definition) is 3. The lowest BCUT2D eigenvalue weighted by atomic mass is 10.2. The fraction of sp³-hybridized carbons (Fsp3) is 0.500. The monoisotopic (exact) mass is 240 g/mol. The van der Waals surface area contributed by atoms with E-state index in [1.165, 1.54) is 0 Å². The summed E-state index contributed by atoms with van der Waals surface area (Å²) in [7, 11) is 0. The molecule has 0 saturated carbocycles. The summed E-state index contributed by atoms with van der Waals surface area (Å²) in [5, 5.41) is 15.1. The summed E-state index contributed by atoms with van der Waals surface area (Å²) in [4.78, 5) is 21.9. The lowest BCUT2D eigenvalue weighted by Crippen LogP contribution is -2.37. The molecule has 0 radical (unpaired) electrons. The van der Waals surface area contributed by atoms with Crippen molar-refractivity contribution in [2.75, 3.05) is 5.32 Å². The highest BCUT2D eigenvalue weighted by atomic mass is 16.4. The molecule has 0 fully saturated rings. The molecule has 4 N–H and O–H groups in total. The van der Waals surface area contributed by atoms with E-state index in [1.54, 1.807) is 16.9 Å². The molecule has 0 saturated heterocycles. The molecule has 0 aliphatic carbocycles. The van der Waals surface area contributed by atoms with Gasteiger partial charge < -0.3 is 16.2 Å². The molecule has 0 aromatic carbocycles. The molecule has 1 unspecified atom stereocenters. The van der Waals surface area contributed by atoms with E-state index >= 15 is 0 Å². The van der Waals surface area contributed by atoms with Crippen LogP contribution in [0.15, 0.2) is 12.3 Å². The number of carbonyl (C=O) groups excluding carboxylic acids is 1. The van der Waals surface area contributed by atoms with Gasteiger partial charge in [0.2, 0.25) is 5.91 Å². The molecule has 1 rings (SSSR count). The second-order valence-corrected chi connectivity index (χ2v) is 3.97. The number of nitrogens with one attached hydrogen (secondary N) is 1. The molecule has 1 aromatic heterocycles. The summed E-state index contributed by atoms with van der Waals surface area (Å²) >= 11 is 0. The number of aliphatic carboxylic acids is 1. The maximum absolute atomic E-state index is 11.5. The Hall–Kier alpha value is -1.89. The van der Waals surface area contributed by atoms with Crippen LogP contribution in [-0.4, -0.2) is 32.8 Å². The maximum atomic E-state index is 11.5. The number of amides is 1. The molecule has 1 heterocycles. The van der Waals surface area contributed by atoms with Crippen molar-refractivity contribution in [2.24, 2.45) is 5.73 Å². The van der Waals surface area contributed by atoms with E-state index < -0.39 is 24.3 Å². The molecule has 7 nitrogen and oxygen atoms in total. The van der Waals surface area contributed by atoms with Crippen LogP contribution in [0.4, 0.5) is 5.82 Å². The fourth-order valence-corrected chi connectivity index (χ4v) is 1.19. The highest BCUT2D eigenvalue weighted by Crippen LogP contribution is 2.08. The van der Waals surface area contributed by atoms with E-state index in [4.69, 9.17) is 10.8 Å². The molecule has 0 aliphatic rings. The second kappa shape index (κ2) is 5.44. The Morgan fingerprint density at radius 1 is 1.59 bits per heavy atom. The molecule has 0 spiro atoms. The first-order chi connectivity index (χ1) is 7.90. The number of aromatic nitrogens is 2. The fourth-order valence-electron chi connectivity index (χ4n) is 1.19. The third-order valence-corrected chi connectivity index (χ3v) is 2.12. The van der Waals surface area contributed by atoms with Gasteiger partial charge in [-0.3, -0.25) is 14.3 Å². The van der Waals surface area contributed by atoms with Crippen LogP contribution in [0.2, 0.25) is 0 Å². The number of carboxylic acids is 1. The Morgan fingerprint density at radius 2 is 2.24 bits per heavy atom. The zero-order valence-corrected chi connectivity index (χ0v) is 9.75. The van der Waals surface area contributed by atoms with Gasteiger partial charge in [0.25, 0.3) is 0 Å². The highest BCUT2D eigenvalue weighted by Gasteiger charge is 2.17. The van der Waals surface area contributed by atoms with Gasteiger partial charge in [0.1, 0.15) is 0 Å². The van der Waals surface area contributed by atoms with Gasteiger partial charge in [-0.2, -0.15) is 5.10 Å². The van der Waals surface area contributed by atoms with Crippen LogP contribution in [0.3, 0.4) is 0 Å². The van der Waals surface area contributed by atoms with E-state index in [9.17, 15) is 9.59 Å². The van der Waals surface area contributed by atoms with Crippen LogP contribution in [0.5, 0.6) is 0 Å². The van der Waals surface area contributed by atoms with Gasteiger partial charge in [-0.15, -0.1) is 0 Å². The van der Waals surface area contributed by atoms with Crippen molar-refractivity contribution in [2.45, 2.75) is 32.4 Å². The second-order valence-electron chi connectivity index (χ2n) is 3.97. The van der Waals surface area contributed by atoms with Crippen LogP contribution in [0.25, 0.3) is 0 Å². The highest BCUT2D eigenvalue weighted by molar-refractivity contribution is 5.95. The third kappa shape index (κ3) is 3.87. The van der Waals surface area contributed by atoms with Gasteiger partial charge in [-0.05, 0) is 13.8 Å². The molecule has 0 bridgehead atoms. The average Bonchev–Trinajstić information content (AvgIpc) is 2.65. The SMILES string of the molecule is CC(C)n1ccc(NC(=O)C(N)CC(=O)O)n1. The predicted octanol–water partition coefficient (Wildman–Crippen LogP) is 0.204. The first-order valence-electron chi connectivity index (χ1n) is 5.23. The van der Waals surface area contributed by atoms with Gasteiger partial charge in [0, 0.05) is 18.3 Å². The quantitative estimate of drug-likeness (QED) is 0.681. The molecule has 94 valence electrons. The van der Waals surface area contributed by atoms with E-state index in [0.29, 0.717) is 5.82 Å². The van der Waals surface area contributed by atoms with Crippen molar-refractivity contribution in [3.8, 4) is 0 Å². The van der Waals surface area contributed by atoms with Crippen molar-refractivity contribution < 1.29 is 14.7 Å². The normalized spacial score (nSPS) is 12.5. The number of hydrogen-bond acceptors (Lipinski definition) is 4. The Morgan fingerprint density at radius 3 is 2.71 bits per heavy atom. The minimum atomic E-state index is -1.11. The molecule has 1 atom stereocenters. The number of nitrogens with two attached hydrogens (primary N) is 1. The summed E-state index contributed by atoms with van der Waals surface area (Å²) in [5.41, 5.74) is 5.41. The van der Waals surface area contributed by atoms with Crippen molar-refractivity contribution in [1.29, 1.82) is 0 Å². The number of anilines is 1. The van der Waals surface area contributed by atoms with Gasteiger partial charge in [0.05, 0.1) is 12.5 Å². The first kappa shape index (κ1) is 13.2. The lowest BCUT2D eigenvalue weighted by Gasteiger charge is -2.08. The first-order valence-corrected chi connectivity index (χ1v) is 5.23. The summed E-state index contributed by atoms with van der Waals surface area (Å²) in [6.07, 6.45) is 1.32. The van der Waals surface area contributed by atoms with Crippen molar-refractivity contribution in [3.63, 3.8) is 0 Å². The van der Waals surface area contributed by atoms with Gasteiger partial charge in [-0.25, -0.2) is 0 Å². The Bertz CT molecular complexity index is 413. The molecule has 1 amide bonds. The molecule has 17 heavy (non-hydrogen) atoms. The zero-order chi connectivity index (χ0) is 13.0. The smallest absolute Gasteiger partial charge is 0.305 e. The van der Waals surface area contributed by atoms with Crippen LogP contribution >= 0.6 is 0 Å². The van der Waals surface area contributed by atoms with Gasteiger partial charge in [-0.1, -0.05) is 0 Å². The Balaban J connectivity index is 2.58. The number of carboxylic acid groups (broad SMARTS) is 1. The van der Waals surface area contributed by atoms with E-state index in [0.717, 1.165) is 0 Å².